The van der Waals surface area contributed by atoms with Gasteiger partial charge in [-0.1, -0.05) is 61.0 Å². The van der Waals surface area contributed by atoms with Gasteiger partial charge in [0.25, 0.3) is 11.8 Å². The SMILES string of the molecule is O=C(CCCCCO)NC(CSCc1ccccc1)CN1C(=O)c2cccc3cccc(c23)C1=O. The van der Waals surface area contributed by atoms with Crippen molar-refractivity contribution >= 4 is 40.3 Å². The van der Waals surface area contributed by atoms with E-state index in [4.69, 9.17) is 5.11 Å². The molecule has 1 unspecified atom stereocenters. The van der Waals surface area contributed by atoms with Crippen LogP contribution in [0.5, 0.6) is 0 Å². The lowest BCUT2D eigenvalue weighted by molar-refractivity contribution is -0.121. The summed E-state index contributed by atoms with van der Waals surface area (Å²) in [6.07, 6.45) is 2.49. The Morgan fingerprint density at radius 2 is 1.57 bits per heavy atom. The summed E-state index contributed by atoms with van der Waals surface area (Å²) in [5.41, 5.74) is 2.21. The maximum absolute atomic E-state index is 13.3. The minimum absolute atomic E-state index is 0.104. The fourth-order valence-electron chi connectivity index (χ4n) is 4.37. The molecule has 7 heteroatoms. The Morgan fingerprint density at radius 1 is 0.886 bits per heavy atom. The topological polar surface area (TPSA) is 86.7 Å². The van der Waals surface area contributed by atoms with E-state index < -0.39 is 0 Å². The second kappa shape index (κ2) is 12.0. The van der Waals surface area contributed by atoms with Gasteiger partial charge >= 0.3 is 0 Å². The number of carbonyl (C=O) groups excluding carboxylic acids is 3. The highest BCUT2D eigenvalue weighted by molar-refractivity contribution is 7.98. The second-order valence-corrected chi connectivity index (χ2v) is 9.76. The second-order valence-electron chi connectivity index (χ2n) is 8.73. The normalized spacial score (nSPS) is 13.8. The van der Waals surface area contributed by atoms with Gasteiger partial charge in [0.15, 0.2) is 0 Å². The van der Waals surface area contributed by atoms with Crippen LogP contribution in [0.2, 0.25) is 0 Å². The van der Waals surface area contributed by atoms with E-state index in [1.807, 2.05) is 42.5 Å². The molecule has 0 saturated carbocycles. The van der Waals surface area contributed by atoms with Gasteiger partial charge in [0.2, 0.25) is 5.91 Å². The van der Waals surface area contributed by atoms with Crippen LogP contribution in [0.4, 0.5) is 0 Å². The van der Waals surface area contributed by atoms with Crippen LogP contribution in [0, 0.1) is 0 Å². The molecule has 0 radical (unpaired) electrons. The molecular formula is C28H30N2O4S. The number of unbranched alkanes of at least 4 members (excludes halogenated alkanes) is 2. The van der Waals surface area contributed by atoms with Crippen molar-refractivity contribution in [3.05, 3.63) is 83.4 Å². The maximum Gasteiger partial charge on any atom is 0.261 e. The highest BCUT2D eigenvalue weighted by Crippen LogP contribution is 2.30. The highest BCUT2D eigenvalue weighted by atomic mass is 32.2. The molecule has 1 aliphatic heterocycles. The van der Waals surface area contributed by atoms with Crippen molar-refractivity contribution in [3.8, 4) is 0 Å². The molecule has 0 fully saturated rings. The van der Waals surface area contributed by atoms with E-state index in [-0.39, 0.29) is 36.9 Å². The zero-order valence-corrected chi connectivity index (χ0v) is 20.4. The van der Waals surface area contributed by atoms with Crippen molar-refractivity contribution in [2.45, 2.75) is 37.5 Å². The molecule has 3 amide bonds. The Balaban J connectivity index is 1.48. The monoisotopic (exact) mass is 490 g/mol. The van der Waals surface area contributed by atoms with Gasteiger partial charge in [0.05, 0.1) is 12.6 Å². The lowest BCUT2D eigenvalue weighted by Crippen LogP contribution is -2.50. The lowest BCUT2D eigenvalue weighted by atomic mass is 9.94. The largest absolute Gasteiger partial charge is 0.396 e. The number of hydrogen-bond acceptors (Lipinski definition) is 5. The molecule has 2 N–H and O–H groups in total. The average molecular weight is 491 g/mol. The number of nitrogens with zero attached hydrogens (tertiary/aromatic N) is 1. The molecule has 1 aliphatic rings. The summed E-state index contributed by atoms with van der Waals surface area (Å²) in [6.45, 7) is 0.236. The highest BCUT2D eigenvalue weighted by Gasteiger charge is 2.34. The summed E-state index contributed by atoms with van der Waals surface area (Å²) in [5, 5.41) is 13.6. The van der Waals surface area contributed by atoms with Crippen LogP contribution in [0.3, 0.4) is 0 Å². The lowest BCUT2D eigenvalue weighted by Gasteiger charge is -2.30. The van der Waals surface area contributed by atoms with Gasteiger partial charge in [0, 0.05) is 41.0 Å². The first-order valence-electron chi connectivity index (χ1n) is 12.0. The van der Waals surface area contributed by atoms with Crippen molar-refractivity contribution in [2.75, 3.05) is 18.9 Å². The zero-order chi connectivity index (χ0) is 24.6. The van der Waals surface area contributed by atoms with Crippen LogP contribution in [0.25, 0.3) is 10.8 Å². The van der Waals surface area contributed by atoms with Gasteiger partial charge in [-0.25, -0.2) is 0 Å². The van der Waals surface area contributed by atoms with Gasteiger partial charge in [-0.3, -0.25) is 19.3 Å². The number of aliphatic hydroxyl groups excluding tert-OH is 1. The summed E-state index contributed by atoms with van der Waals surface area (Å²) >= 11 is 1.66. The molecule has 4 rings (SSSR count). The number of rotatable bonds is 12. The molecule has 6 nitrogen and oxygen atoms in total. The predicted octanol–water partition coefficient (Wildman–Crippen LogP) is 4.41. The fourth-order valence-corrected chi connectivity index (χ4v) is 5.39. The summed E-state index contributed by atoms with van der Waals surface area (Å²) in [6, 6.07) is 20.7. The summed E-state index contributed by atoms with van der Waals surface area (Å²) in [7, 11) is 0. The van der Waals surface area contributed by atoms with E-state index in [2.05, 4.69) is 17.4 Å². The predicted molar refractivity (Wildman–Crippen MR) is 139 cm³/mol. The van der Waals surface area contributed by atoms with Crippen LogP contribution in [-0.4, -0.2) is 52.7 Å². The zero-order valence-electron chi connectivity index (χ0n) is 19.6. The minimum Gasteiger partial charge on any atom is -0.396 e. The standard InChI is InChI=1S/C28H30N2O4S/c31-16-6-2-5-15-25(32)29-22(19-35-18-20-9-3-1-4-10-20)17-30-27(33)23-13-7-11-21-12-8-14-24(26(21)23)28(30)34/h1,3-4,7-14,22,31H,2,5-6,15-19H2,(H,29,32). The van der Waals surface area contributed by atoms with Gasteiger partial charge in [-0.15, -0.1) is 0 Å². The molecule has 1 atom stereocenters. The maximum atomic E-state index is 13.3. The first-order valence-corrected chi connectivity index (χ1v) is 13.1. The number of hydrogen-bond donors (Lipinski definition) is 2. The van der Waals surface area contributed by atoms with E-state index in [0.29, 0.717) is 41.5 Å². The molecule has 3 aromatic carbocycles. The van der Waals surface area contributed by atoms with Gasteiger partial charge in [0.1, 0.15) is 0 Å². The van der Waals surface area contributed by atoms with Crippen LogP contribution < -0.4 is 5.32 Å². The Morgan fingerprint density at radius 3 is 2.23 bits per heavy atom. The number of aliphatic hydroxyl groups is 1. The van der Waals surface area contributed by atoms with Gasteiger partial charge < -0.3 is 10.4 Å². The summed E-state index contributed by atoms with van der Waals surface area (Å²) < 4.78 is 0. The molecule has 35 heavy (non-hydrogen) atoms. The summed E-state index contributed by atoms with van der Waals surface area (Å²) in [4.78, 5) is 40.6. The first-order chi connectivity index (χ1) is 17.1. The number of benzene rings is 3. The molecule has 0 bridgehead atoms. The third-order valence-corrected chi connectivity index (χ3v) is 7.29. The Bertz CT molecular complexity index is 1150. The van der Waals surface area contributed by atoms with E-state index >= 15 is 0 Å². The molecule has 3 aromatic rings. The van der Waals surface area contributed by atoms with Crippen molar-refractivity contribution in [3.63, 3.8) is 0 Å². The molecule has 1 heterocycles. The first kappa shape index (κ1) is 24.9. The van der Waals surface area contributed by atoms with Crippen molar-refractivity contribution in [2.24, 2.45) is 0 Å². The van der Waals surface area contributed by atoms with Crippen LogP contribution >= 0.6 is 11.8 Å². The van der Waals surface area contributed by atoms with E-state index in [9.17, 15) is 14.4 Å². The van der Waals surface area contributed by atoms with Crippen LogP contribution in [0.1, 0.15) is 52.0 Å². The van der Waals surface area contributed by atoms with Gasteiger partial charge in [-0.2, -0.15) is 11.8 Å². The molecule has 0 spiro atoms. The number of imide groups is 1. The smallest absolute Gasteiger partial charge is 0.261 e. The van der Waals surface area contributed by atoms with Gasteiger partial charge in [-0.05, 0) is 35.9 Å². The van der Waals surface area contributed by atoms with E-state index in [1.165, 1.54) is 10.5 Å². The quantitative estimate of drug-likeness (QED) is 0.290. The Kier molecular flexibility index (Phi) is 8.55. The van der Waals surface area contributed by atoms with E-state index in [1.54, 1.807) is 23.9 Å². The van der Waals surface area contributed by atoms with Crippen molar-refractivity contribution in [1.29, 1.82) is 0 Å². The van der Waals surface area contributed by atoms with Crippen LogP contribution in [-0.2, 0) is 10.5 Å². The number of amides is 3. The van der Waals surface area contributed by atoms with E-state index in [0.717, 1.165) is 17.6 Å². The number of nitrogens with one attached hydrogen (secondary N) is 1. The number of thioether (sulfide) groups is 1. The van der Waals surface area contributed by atoms with Crippen molar-refractivity contribution < 1.29 is 19.5 Å². The molecule has 182 valence electrons. The molecular weight excluding hydrogens is 460 g/mol. The average Bonchev–Trinajstić information content (AvgIpc) is 2.88. The fraction of sp³-hybridized carbons (Fsp3) is 0.321. The molecule has 0 saturated heterocycles. The van der Waals surface area contributed by atoms with Crippen LogP contribution in [0.15, 0.2) is 66.7 Å². The molecule has 0 aliphatic carbocycles. The summed E-state index contributed by atoms with van der Waals surface area (Å²) in [5.74, 6) is 0.588. The minimum atomic E-state index is -0.369. The number of carbonyl (C=O) groups is 3. The van der Waals surface area contributed by atoms with Crippen molar-refractivity contribution in [1.82, 2.24) is 10.2 Å². The molecule has 0 aromatic heterocycles. The Hall–Kier alpha value is -3.16. The Labute approximate surface area is 209 Å². The third kappa shape index (κ3) is 6.10. The third-order valence-electron chi connectivity index (χ3n) is 6.12.